The third kappa shape index (κ3) is 6.89. The Balaban J connectivity index is 1.57. The smallest absolute Gasteiger partial charge is 0.410 e. The van der Waals surface area contributed by atoms with Crippen LogP contribution in [0.2, 0.25) is 0 Å². The van der Waals surface area contributed by atoms with Gasteiger partial charge in [-0.25, -0.2) is 9.59 Å². The fourth-order valence-electron chi connectivity index (χ4n) is 3.63. The fourth-order valence-corrected chi connectivity index (χ4v) is 4.78. The quantitative estimate of drug-likeness (QED) is 0.563. The second-order valence-corrected chi connectivity index (χ2v) is 9.20. The molecule has 176 valence electrons. The Bertz CT molecular complexity index is 969. The summed E-state index contributed by atoms with van der Waals surface area (Å²) in [6, 6.07) is 16.5. The molecule has 1 fully saturated rings. The average Bonchev–Trinajstić information content (AvgIpc) is 3.36. The molecule has 1 heterocycles. The van der Waals surface area contributed by atoms with Crippen molar-refractivity contribution in [1.29, 1.82) is 0 Å². The first kappa shape index (κ1) is 24.4. The highest BCUT2D eigenvalue weighted by molar-refractivity contribution is 7.85. The molecule has 1 saturated heterocycles. The second-order valence-electron chi connectivity index (χ2n) is 7.63. The molecule has 0 bridgehead atoms. The molecule has 1 N–H and O–H groups in total. The first-order chi connectivity index (χ1) is 16.0. The van der Waals surface area contributed by atoms with Crippen LogP contribution in [0, 0.1) is 0 Å². The summed E-state index contributed by atoms with van der Waals surface area (Å²) in [6.45, 7) is 0.507. The maximum absolute atomic E-state index is 12.9. The lowest BCUT2D eigenvalue weighted by Crippen LogP contribution is -2.51. The zero-order chi connectivity index (χ0) is 23.6. The van der Waals surface area contributed by atoms with Gasteiger partial charge in [0.2, 0.25) is 5.91 Å². The topological polar surface area (TPSA) is 102 Å². The lowest BCUT2D eigenvalue weighted by molar-refractivity contribution is -0.145. The van der Waals surface area contributed by atoms with E-state index in [0.29, 0.717) is 24.3 Å². The van der Waals surface area contributed by atoms with E-state index in [1.807, 2.05) is 36.4 Å². The standard InChI is InChI=1S/C24H28N2O6S/c1-31-23(28)20(14-16-33(30)19-11-6-3-7-12-19)25-22(27)21-13-8-15-26(21)24(29)32-17-18-9-4-2-5-10-18/h2-7,9-12,20-21H,8,13-17H2,1H3,(H,25,27)/t20-,21+,33+/m0/s1. The molecule has 9 heteroatoms. The van der Waals surface area contributed by atoms with E-state index in [-0.39, 0.29) is 18.8 Å². The number of nitrogens with zero attached hydrogens (tertiary/aromatic N) is 1. The number of methoxy groups -OCH3 is 1. The van der Waals surface area contributed by atoms with Gasteiger partial charge in [0, 0.05) is 17.2 Å². The molecule has 0 aliphatic carbocycles. The highest BCUT2D eigenvalue weighted by atomic mass is 32.2. The molecule has 2 aromatic carbocycles. The second kappa shape index (κ2) is 12.2. The normalized spacial score (nSPS) is 17.1. The van der Waals surface area contributed by atoms with Crippen LogP contribution in [0.3, 0.4) is 0 Å². The number of benzene rings is 2. The van der Waals surface area contributed by atoms with Crippen LogP contribution in [0.4, 0.5) is 4.79 Å². The van der Waals surface area contributed by atoms with Crippen molar-refractivity contribution in [2.75, 3.05) is 19.4 Å². The minimum atomic E-state index is -1.32. The molecule has 3 atom stereocenters. The molecule has 33 heavy (non-hydrogen) atoms. The van der Waals surface area contributed by atoms with E-state index in [1.54, 1.807) is 24.3 Å². The summed E-state index contributed by atoms with van der Waals surface area (Å²) < 4.78 is 22.7. The Morgan fingerprint density at radius 3 is 2.42 bits per heavy atom. The summed E-state index contributed by atoms with van der Waals surface area (Å²) in [6.07, 6.45) is 0.692. The van der Waals surface area contributed by atoms with Gasteiger partial charge in [0.15, 0.2) is 0 Å². The van der Waals surface area contributed by atoms with Crippen LogP contribution in [0.1, 0.15) is 24.8 Å². The Morgan fingerprint density at radius 2 is 1.76 bits per heavy atom. The molecule has 1 aliphatic heterocycles. The van der Waals surface area contributed by atoms with Crippen molar-refractivity contribution < 1.29 is 28.1 Å². The minimum absolute atomic E-state index is 0.112. The van der Waals surface area contributed by atoms with E-state index in [4.69, 9.17) is 9.47 Å². The SMILES string of the molecule is COC(=O)[C@H](CC[S@@](=O)c1ccccc1)NC(=O)[C@H]1CCCN1C(=O)OCc1ccccc1. The number of carbonyl (C=O) groups is 3. The van der Waals surface area contributed by atoms with Crippen molar-refractivity contribution in [2.45, 2.75) is 42.8 Å². The van der Waals surface area contributed by atoms with Gasteiger partial charge < -0.3 is 14.8 Å². The third-order valence-corrected chi connectivity index (χ3v) is 6.80. The largest absolute Gasteiger partial charge is 0.467 e. The number of rotatable bonds is 9. The molecule has 0 radical (unpaired) electrons. The summed E-state index contributed by atoms with van der Waals surface area (Å²) in [5.74, 6) is -0.896. The highest BCUT2D eigenvalue weighted by Crippen LogP contribution is 2.20. The van der Waals surface area contributed by atoms with Gasteiger partial charge in [-0.2, -0.15) is 0 Å². The minimum Gasteiger partial charge on any atom is -0.467 e. The summed E-state index contributed by atoms with van der Waals surface area (Å²) in [4.78, 5) is 39.8. The van der Waals surface area contributed by atoms with Gasteiger partial charge >= 0.3 is 12.1 Å². The van der Waals surface area contributed by atoms with E-state index in [2.05, 4.69) is 5.32 Å². The van der Waals surface area contributed by atoms with Gasteiger partial charge in [-0.15, -0.1) is 0 Å². The van der Waals surface area contributed by atoms with Gasteiger partial charge in [0.1, 0.15) is 18.7 Å². The molecule has 1 aliphatic rings. The molecule has 0 saturated carbocycles. The van der Waals surface area contributed by atoms with Crippen molar-refractivity contribution >= 4 is 28.8 Å². The van der Waals surface area contributed by atoms with Crippen molar-refractivity contribution in [3.63, 3.8) is 0 Å². The van der Waals surface area contributed by atoms with Crippen LogP contribution >= 0.6 is 0 Å². The zero-order valence-electron chi connectivity index (χ0n) is 18.5. The highest BCUT2D eigenvalue weighted by Gasteiger charge is 2.37. The lowest BCUT2D eigenvalue weighted by atomic mass is 10.1. The molecule has 2 amide bonds. The average molecular weight is 473 g/mol. The Labute approximate surface area is 195 Å². The van der Waals surface area contributed by atoms with Gasteiger partial charge in [0.05, 0.1) is 17.9 Å². The van der Waals surface area contributed by atoms with E-state index < -0.39 is 40.9 Å². The zero-order valence-corrected chi connectivity index (χ0v) is 19.3. The van der Waals surface area contributed by atoms with Gasteiger partial charge in [-0.3, -0.25) is 13.9 Å². The molecule has 8 nitrogen and oxygen atoms in total. The van der Waals surface area contributed by atoms with E-state index in [9.17, 15) is 18.6 Å². The maximum Gasteiger partial charge on any atom is 0.410 e. The van der Waals surface area contributed by atoms with Crippen molar-refractivity contribution in [3.05, 3.63) is 66.2 Å². The van der Waals surface area contributed by atoms with Gasteiger partial charge in [-0.1, -0.05) is 48.5 Å². The van der Waals surface area contributed by atoms with Gasteiger partial charge in [-0.05, 0) is 37.0 Å². The number of nitrogens with one attached hydrogen (secondary N) is 1. The number of hydrogen-bond acceptors (Lipinski definition) is 6. The molecule has 0 unspecified atom stereocenters. The maximum atomic E-state index is 12.9. The molecular weight excluding hydrogens is 444 g/mol. The van der Waals surface area contributed by atoms with Crippen LogP contribution in [-0.2, 0) is 36.5 Å². The summed E-state index contributed by atoms with van der Waals surface area (Å²) in [5, 5.41) is 2.68. The monoisotopic (exact) mass is 472 g/mol. The molecule has 0 spiro atoms. The van der Waals surface area contributed by atoms with Crippen LogP contribution in [-0.4, -0.2) is 58.6 Å². The van der Waals surface area contributed by atoms with Crippen molar-refractivity contribution in [3.8, 4) is 0 Å². The number of carbonyl (C=O) groups excluding carboxylic acids is 3. The lowest BCUT2D eigenvalue weighted by Gasteiger charge is -2.25. The first-order valence-electron chi connectivity index (χ1n) is 10.8. The number of likely N-dealkylation sites (tertiary alicyclic amines) is 1. The Morgan fingerprint density at radius 1 is 1.09 bits per heavy atom. The van der Waals surface area contributed by atoms with Crippen molar-refractivity contribution in [2.24, 2.45) is 0 Å². The van der Waals surface area contributed by atoms with Crippen LogP contribution in [0.25, 0.3) is 0 Å². The Kier molecular flexibility index (Phi) is 9.00. The molecular formula is C24H28N2O6S. The molecule has 3 rings (SSSR count). The summed E-state index contributed by atoms with van der Waals surface area (Å²) in [5.41, 5.74) is 0.850. The first-order valence-corrected chi connectivity index (χ1v) is 12.1. The fraction of sp³-hybridized carbons (Fsp3) is 0.375. The van der Waals surface area contributed by atoms with Crippen LogP contribution in [0.15, 0.2) is 65.6 Å². The van der Waals surface area contributed by atoms with Gasteiger partial charge in [0.25, 0.3) is 0 Å². The van der Waals surface area contributed by atoms with E-state index in [0.717, 1.165) is 5.56 Å². The summed E-state index contributed by atoms with van der Waals surface area (Å²) >= 11 is 0. The van der Waals surface area contributed by atoms with Crippen LogP contribution < -0.4 is 5.32 Å². The third-order valence-electron chi connectivity index (χ3n) is 5.40. The molecule has 0 aromatic heterocycles. The van der Waals surface area contributed by atoms with Crippen LogP contribution in [0.5, 0.6) is 0 Å². The van der Waals surface area contributed by atoms with E-state index >= 15 is 0 Å². The number of ether oxygens (including phenoxy) is 2. The Hall–Kier alpha value is -3.20. The molecule has 2 aromatic rings. The number of amides is 2. The number of hydrogen-bond donors (Lipinski definition) is 1. The number of esters is 1. The van der Waals surface area contributed by atoms with E-state index in [1.165, 1.54) is 12.0 Å². The predicted octanol–water partition coefficient (Wildman–Crippen LogP) is 2.64. The van der Waals surface area contributed by atoms with Crippen molar-refractivity contribution in [1.82, 2.24) is 10.2 Å². The predicted molar refractivity (Wildman–Crippen MR) is 123 cm³/mol. The summed E-state index contributed by atoms with van der Waals surface area (Å²) in [7, 11) is -0.0836.